The number of hydrogen-bond acceptors (Lipinski definition) is 8. The molecule has 4 aromatic carbocycles. The van der Waals surface area contributed by atoms with E-state index in [0.29, 0.717) is 36.4 Å². The molecule has 1 aliphatic heterocycles. The van der Waals surface area contributed by atoms with E-state index in [1.54, 1.807) is 40.0 Å². The number of hydrogen-bond donors (Lipinski definition) is 2. The molecule has 2 N–H and O–H groups in total. The summed E-state index contributed by atoms with van der Waals surface area (Å²) in [6, 6.07) is 23.7. The number of phenols is 1. The fraction of sp³-hybridized carbons (Fsp3) is 0.324. The van der Waals surface area contributed by atoms with Gasteiger partial charge < -0.3 is 34.3 Å². The van der Waals surface area contributed by atoms with Gasteiger partial charge in [0.15, 0.2) is 0 Å². The number of methoxy groups -OCH3 is 1. The average molecular weight is 641 g/mol. The molecule has 2 atom stereocenters. The molecule has 0 radical (unpaired) electrons. The van der Waals surface area contributed by atoms with Crippen LogP contribution in [-0.2, 0) is 16.1 Å². The van der Waals surface area contributed by atoms with Crippen LogP contribution in [0.15, 0.2) is 84.9 Å². The van der Waals surface area contributed by atoms with Crippen LogP contribution in [0.4, 0.5) is 4.79 Å². The molecular formula is C37H40N2O8. The highest BCUT2D eigenvalue weighted by atomic mass is 16.6. The molecule has 4 aromatic rings. The molecule has 10 heteroatoms. The minimum absolute atomic E-state index is 0.0252. The summed E-state index contributed by atoms with van der Waals surface area (Å²) in [7, 11) is 1.58. The Balaban J connectivity index is 1.45. The first-order valence-corrected chi connectivity index (χ1v) is 15.6. The van der Waals surface area contributed by atoms with Crippen molar-refractivity contribution in [3.63, 3.8) is 0 Å². The van der Waals surface area contributed by atoms with Crippen LogP contribution in [0.2, 0.25) is 0 Å². The summed E-state index contributed by atoms with van der Waals surface area (Å²) in [5, 5.41) is 14.2. The number of aromatic hydroxyl groups is 1. The van der Waals surface area contributed by atoms with Crippen LogP contribution < -0.4 is 14.8 Å². The molecule has 0 spiro atoms. The van der Waals surface area contributed by atoms with Crippen molar-refractivity contribution in [3.8, 4) is 17.2 Å². The zero-order chi connectivity index (χ0) is 33.6. The van der Waals surface area contributed by atoms with Gasteiger partial charge in [-0.25, -0.2) is 9.59 Å². The molecule has 5 rings (SSSR count). The topological polar surface area (TPSA) is 124 Å². The van der Waals surface area contributed by atoms with Gasteiger partial charge in [-0.15, -0.1) is 0 Å². The summed E-state index contributed by atoms with van der Waals surface area (Å²) >= 11 is 0. The van der Waals surface area contributed by atoms with Crippen molar-refractivity contribution in [1.29, 1.82) is 0 Å². The van der Waals surface area contributed by atoms with Gasteiger partial charge in [0.05, 0.1) is 13.2 Å². The van der Waals surface area contributed by atoms with Crippen molar-refractivity contribution in [2.75, 3.05) is 20.2 Å². The number of esters is 1. The lowest BCUT2D eigenvalue weighted by Crippen LogP contribution is -2.51. The number of phenolic OH excluding ortho intramolecular Hbond substituents is 1. The number of ether oxygens (including phenoxy) is 4. The zero-order valence-electron chi connectivity index (χ0n) is 27.0. The summed E-state index contributed by atoms with van der Waals surface area (Å²) < 4.78 is 23.6. The molecule has 0 aliphatic carbocycles. The summed E-state index contributed by atoms with van der Waals surface area (Å²) in [5.41, 5.74) is 0.740. The molecule has 47 heavy (non-hydrogen) atoms. The lowest BCUT2D eigenvalue weighted by Gasteiger charge is -2.31. The number of likely N-dealkylation sites (tertiary alicyclic amines) is 1. The van der Waals surface area contributed by atoms with E-state index in [-0.39, 0.29) is 24.5 Å². The molecule has 1 fully saturated rings. The van der Waals surface area contributed by atoms with Crippen molar-refractivity contribution in [2.24, 2.45) is 0 Å². The van der Waals surface area contributed by atoms with E-state index in [9.17, 15) is 19.5 Å². The SMILES string of the molecule is COc1cccc2cc(C(=O)O[C@@H]3CCCN(C(=O)OC(C)(C)C)C[C@H]3NC(=O)c3ccc(O)cc3)c(OCc3ccccc3)cc12. The predicted molar refractivity (Wildman–Crippen MR) is 177 cm³/mol. The maximum absolute atomic E-state index is 14.0. The Labute approximate surface area is 274 Å². The Morgan fingerprint density at radius 1 is 0.936 bits per heavy atom. The summed E-state index contributed by atoms with van der Waals surface area (Å²) in [6.07, 6.45) is -0.408. The molecule has 0 aromatic heterocycles. The molecule has 2 amide bonds. The highest BCUT2D eigenvalue weighted by Gasteiger charge is 2.35. The number of carbonyl (C=O) groups is 3. The highest BCUT2D eigenvalue weighted by molar-refractivity contribution is 6.00. The van der Waals surface area contributed by atoms with Gasteiger partial charge in [0, 0.05) is 24.0 Å². The molecule has 1 heterocycles. The molecule has 0 unspecified atom stereocenters. The Morgan fingerprint density at radius 3 is 2.38 bits per heavy atom. The molecule has 1 aliphatic rings. The predicted octanol–water partition coefficient (Wildman–Crippen LogP) is 6.49. The van der Waals surface area contributed by atoms with Crippen LogP contribution in [0.1, 0.15) is 59.9 Å². The number of nitrogens with one attached hydrogen (secondary N) is 1. The minimum Gasteiger partial charge on any atom is -0.508 e. The Bertz CT molecular complexity index is 1720. The van der Waals surface area contributed by atoms with Crippen LogP contribution in [0.3, 0.4) is 0 Å². The Kier molecular flexibility index (Phi) is 10.2. The first-order valence-electron chi connectivity index (χ1n) is 15.6. The minimum atomic E-state index is -0.779. The van der Waals surface area contributed by atoms with E-state index in [2.05, 4.69) is 5.32 Å². The standard InChI is InChI=1S/C37H40N2O8/c1-37(2,3)47-36(43)39-19-9-14-32(30(22-39)38-34(41)25-15-17-27(40)18-16-25)46-35(42)29-20-26-12-8-13-31(44-4)28(26)21-33(29)45-23-24-10-6-5-7-11-24/h5-8,10-13,15-18,20-21,30,32,40H,9,14,19,22-23H2,1-4H3,(H,38,41)/t30-,32-/m1/s1. The quantitative estimate of drug-likeness (QED) is 0.210. The van der Waals surface area contributed by atoms with Gasteiger partial charge in [0.2, 0.25) is 0 Å². The van der Waals surface area contributed by atoms with Crippen molar-refractivity contribution in [3.05, 3.63) is 102 Å². The zero-order valence-corrected chi connectivity index (χ0v) is 27.0. The maximum Gasteiger partial charge on any atom is 0.410 e. The first kappa shape index (κ1) is 33.1. The summed E-state index contributed by atoms with van der Waals surface area (Å²) in [5.74, 6) is -0.0825. The van der Waals surface area contributed by atoms with Crippen LogP contribution >= 0.6 is 0 Å². The average Bonchev–Trinajstić information content (AvgIpc) is 3.24. The van der Waals surface area contributed by atoms with Gasteiger partial charge in [0.25, 0.3) is 5.91 Å². The van der Waals surface area contributed by atoms with E-state index in [1.165, 1.54) is 29.2 Å². The van der Waals surface area contributed by atoms with E-state index in [4.69, 9.17) is 18.9 Å². The van der Waals surface area contributed by atoms with Crippen molar-refractivity contribution in [1.82, 2.24) is 10.2 Å². The molecule has 10 nitrogen and oxygen atoms in total. The number of fused-ring (bicyclic) bond motifs is 1. The van der Waals surface area contributed by atoms with Crippen LogP contribution in [0, 0.1) is 0 Å². The first-order chi connectivity index (χ1) is 22.5. The van der Waals surface area contributed by atoms with Crippen LogP contribution in [0.5, 0.6) is 17.2 Å². The van der Waals surface area contributed by atoms with Gasteiger partial charge in [0.1, 0.15) is 41.1 Å². The Morgan fingerprint density at radius 2 is 1.68 bits per heavy atom. The molecule has 0 bridgehead atoms. The fourth-order valence-corrected chi connectivity index (χ4v) is 5.44. The second-order valence-corrected chi connectivity index (χ2v) is 12.4. The van der Waals surface area contributed by atoms with Crippen molar-refractivity contribution < 1.29 is 38.4 Å². The molecular weight excluding hydrogens is 600 g/mol. The third kappa shape index (κ3) is 8.52. The van der Waals surface area contributed by atoms with E-state index >= 15 is 0 Å². The lowest BCUT2D eigenvalue weighted by molar-refractivity contribution is 0.0125. The van der Waals surface area contributed by atoms with Gasteiger partial charge in [-0.05, 0) is 87.0 Å². The second kappa shape index (κ2) is 14.5. The monoisotopic (exact) mass is 640 g/mol. The third-order valence-corrected chi connectivity index (χ3v) is 7.76. The largest absolute Gasteiger partial charge is 0.508 e. The third-order valence-electron chi connectivity index (χ3n) is 7.76. The highest BCUT2D eigenvalue weighted by Crippen LogP contribution is 2.34. The second-order valence-electron chi connectivity index (χ2n) is 12.4. The smallest absolute Gasteiger partial charge is 0.410 e. The van der Waals surface area contributed by atoms with E-state index in [1.807, 2.05) is 48.5 Å². The van der Waals surface area contributed by atoms with Crippen LogP contribution in [0.25, 0.3) is 10.8 Å². The summed E-state index contributed by atoms with van der Waals surface area (Å²) in [6.45, 7) is 6.00. The van der Waals surface area contributed by atoms with Crippen molar-refractivity contribution >= 4 is 28.7 Å². The Hall–Kier alpha value is -5.25. The number of benzene rings is 4. The summed E-state index contributed by atoms with van der Waals surface area (Å²) in [4.78, 5) is 42.0. The number of rotatable bonds is 8. The fourth-order valence-electron chi connectivity index (χ4n) is 5.44. The van der Waals surface area contributed by atoms with Gasteiger partial charge in [-0.3, -0.25) is 4.79 Å². The number of carbonyl (C=O) groups excluding carboxylic acids is 3. The molecule has 1 saturated heterocycles. The van der Waals surface area contributed by atoms with E-state index in [0.717, 1.165) is 16.3 Å². The molecule has 246 valence electrons. The maximum atomic E-state index is 14.0. The van der Waals surface area contributed by atoms with Gasteiger partial charge in [-0.1, -0.05) is 42.5 Å². The number of amides is 2. The van der Waals surface area contributed by atoms with E-state index < -0.39 is 35.7 Å². The number of nitrogens with zero attached hydrogens (tertiary/aromatic N) is 1. The lowest BCUT2D eigenvalue weighted by atomic mass is 10.0. The molecule has 0 saturated carbocycles. The van der Waals surface area contributed by atoms with Gasteiger partial charge >= 0.3 is 12.1 Å². The van der Waals surface area contributed by atoms with Crippen molar-refractivity contribution in [2.45, 2.75) is 58.0 Å². The normalized spacial score (nSPS) is 16.6. The van der Waals surface area contributed by atoms with Crippen LogP contribution in [-0.4, -0.2) is 65.9 Å². The van der Waals surface area contributed by atoms with Gasteiger partial charge in [-0.2, -0.15) is 0 Å².